The molecule has 1 aromatic carbocycles. The Kier molecular flexibility index (Phi) is 3.95. The number of hydrogen-bond acceptors (Lipinski definition) is 3. The van der Waals surface area contributed by atoms with Gasteiger partial charge in [-0.15, -0.1) is 0 Å². The fourth-order valence-corrected chi connectivity index (χ4v) is 3.35. The van der Waals surface area contributed by atoms with Crippen molar-refractivity contribution in [3.63, 3.8) is 0 Å². The topological polar surface area (TPSA) is 70.8 Å². The van der Waals surface area contributed by atoms with Crippen LogP contribution >= 0.6 is 15.9 Å². The Bertz CT molecular complexity index is 739. The molecule has 0 spiro atoms. The molecular weight excluding hydrogens is 350 g/mol. The van der Waals surface area contributed by atoms with Gasteiger partial charge in [0.05, 0.1) is 5.92 Å². The molecule has 1 aliphatic heterocycles. The number of hydrogen-bond donors (Lipinski definition) is 1. The Morgan fingerprint density at radius 2 is 2.09 bits per heavy atom. The fourth-order valence-electron chi connectivity index (χ4n) is 2.97. The molecule has 6 heteroatoms. The van der Waals surface area contributed by atoms with Gasteiger partial charge in [-0.05, 0) is 36.6 Å². The molecule has 0 saturated carbocycles. The molecule has 1 amide bonds. The molecule has 2 unspecified atom stereocenters. The van der Waals surface area contributed by atoms with Crippen LogP contribution in [0.3, 0.4) is 0 Å². The number of nitrogens with zero attached hydrogens (tertiary/aromatic N) is 1. The van der Waals surface area contributed by atoms with E-state index in [9.17, 15) is 14.7 Å². The Balaban J connectivity index is 1.86. The van der Waals surface area contributed by atoms with E-state index >= 15 is 0 Å². The molecule has 1 saturated heterocycles. The van der Waals surface area contributed by atoms with Crippen molar-refractivity contribution in [3.8, 4) is 0 Å². The van der Waals surface area contributed by atoms with Crippen molar-refractivity contribution in [2.24, 2.45) is 11.8 Å². The molecule has 1 N–H and O–H groups in total. The summed E-state index contributed by atoms with van der Waals surface area (Å²) in [6.07, 6.45) is 0.603. The van der Waals surface area contributed by atoms with Gasteiger partial charge in [0.2, 0.25) is 0 Å². The Morgan fingerprint density at radius 1 is 1.32 bits per heavy atom. The normalized spacial score (nSPS) is 22.0. The van der Waals surface area contributed by atoms with Crippen LogP contribution in [-0.2, 0) is 4.79 Å². The first kappa shape index (κ1) is 15.1. The second-order valence-electron chi connectivity index (χ2n) is 5.88. The van der Waals surface area contributed by atoms with E-state index < -0.39 is 11.9 Å². The molecule has 5 nitrogen and oxygen atoms in total. The number of aliphatic carboxylic acids is 1. The van der Waals surface area contributed by atoms with Crippen LogP contribution in [0.25, 0.3) is 11.0 Å². The number of carboxylic acid groups (broad SMARTS) is 1. The minimum atomic E-state index is -0.849. The molecule has 3 rings (SSSR count). The lowest BCUT2D eigenvalue weighted by atomic mass is 9.90. The molecule has 0 bridgehead atoms. The van der Waals surface area contributed by atoms with E-state index in [4.69, 9.17) is 4.42 Å². The van der Waals surface area contributed by atoms with Crippen LogP contribution in [0.2, 0.25) is 0 Å². The first-order valence-electron chi connectivity index (χ1n) is 7.15. The average Bonchev–Trinajstić information content (AvgIpc) is 2.88. The first-order valence-corrected chi connectivity index (χ1v) is 7.94. The van der Waals surface area contributed by atoms with Crippen molar-refractivity contribution in [3.05, 3.63) is 34.5 Å². The van der Waals surface area contributed by atoms with E-state index in [1.807, 2.05) is 19.1 Å². The lowest BCUT2D eigenvalue weighted by Gasteiger charge is -2.34. The zero-order chi connectivity index (χ0) is 15.9. The van der Waals surface area contributed by atoms with E-state index in [-0.39, 0.29) is 24.1 Å². The summed E-state index contributed by atoms with van der Waals surface area (Å²) in [5, 5.41) is 10.0. The van der Waals surface area contributed by atoms with Gasteiger partial charge in [0, 0.05) is 22.9 Å². The van der Waals surface area contributed by atoms with Crippen LogP contribution in [0.4, 0.5) is 0 Å². The highest BCUT2D eigenvalue weighted by atomic mass is 79.9. The molecule has 22 heavy (non-hydrogen) atoms. The smallest absolute Gasteiger partial charge is 0.308 e. The molecule has 0 radical (unpaired) electrons. The Labute approximate surface area is 136 Å². The maximum absolute atomic E-state index is 12.6. The Morgan fingerprint density at radius 3 is 2.82 bits per heavy atom. The summed E-state index contributed by atoms with van der Waals surface area (Å²) in [6.45, 7) is 2.76. The summed E-state index contributed by atoms with van der Waals surface area (Å²) in [6, 6.07) is 7.24. The lowest BCUT2D eigenvalue weighted by molar-refractivity contribution is -0.143. The molecule has 116 valence electrons. The molecule has 2 atom stereocenters. The highest BCUT2D eigenvalue weighted by Gasteiger charge is 2.33. The van der Waals surface area contributed by atoms with Crippen molar-refractivity contribution >= 4 is 38.8 Å². The van der Waals surface area contributed by atoms with Crippen molar-refractivity contribution in [1.82, 2.24) is 4.90 Å². The number of carboxylic acids is 1. The summed E-state index contributed by atoms with van der Waals surface area (Å²) in [5.74, 6) is -1.18. The van der Waals surface area contributed by atoms with Crippen molar-refractivity contribution in [2.75, 3.05) is 13.1 Å². The highest BCUT2D eigenvalue weighted by molar-refractivity contribution is 9.10. The third-order valence-corrected chi connectivity index (χ3v) is 4.48. The van der Waals surface area contributed by atoms with Gasteiger partial charge in [-0.2, -0.15) is 0 Å². The second kappa shape index (κ2) is 5.76. The maximum Gasteiger partial charge on any atom is 0.308 e. The fraction of sp³-hybridized carbons (Fsp3) is 0.375. The third kappa shape index (κ3) is 2.88. The molecule has 1 fully saturated rings. The number of amides is 1. The van der Waals surface area contributed by atoms with Gasteiger partial charge in [-0.25, -0.2) is 0 Å². The number of halogens is 1. The minimum Gasteiger partial charge on any atom is -0.481 e. The van der Waals surface area contributed by atoms with Gasteiger partial charge in [-0.1, -0.05) is 22.9 Å². The SMILES string of the molecule is CC1CC(C(=O)O)CN(C(=O)c2cc3cc(Br)ccc3o2)C1. The van der Waals surface area contributed by atoms with Gasteiger partial charge in [0.1, 0.15) is 5.58 Å². The van der Waals surface area contributed by atoms with Crippen LogP contribution in [0.1, 0.15) is 23.9 Å². The van der Waals surface area contributed by atoms with E-state index in [0.717, 1.165) is 9.86 Å². The number of carbonyl (C=O) groups excluding carboxylic acids is 1. The third-order valence-electron chi connectivity index (χ3n) is 3.99. The van der Waals surface area contributed by atoms with Crippen molar-refractivity contribution < 1.29 is 19.1 Å². The average molecular weight is 366 g/mol. The molecule has 0 aliphatic carbocycles. The van der Waals surface area contributed by atoms with Gasteiger partial charge >= 0.3 is 5.97 Å². The predicted molar refractivity (Wildman–Crippen MR) is 84.7 cm³/mol. The Hall–Kier alpha value is -1.82. The number of benzene rings is 1. The van der Waals surface area contributed by atoms with Crippen LogP contribution in [0, 0.1) is 11.8 Å². The van der Waals surface area contributed by atoms with E-state index in [0.29, 0.717) is 18.5 Å². The standard InChI is InChI=1S/C16H16BrNO4/c1-9-4-11(16(20)21)8-18(7-9)15(19)14-6-10-5-12(17)2-3-13(10)22-14/h2-3,5-6,9,11H,4,7-8H2,1H3,(H,20,21). The number of carbonyl (C=O) groups is 2. The minimum absolute atomic E-state index is 0.164. The highest BCUT2D eigenvalue weighted by Crippen LogP contribution is 2.27. The van der Waals surface area contributed by atoms with Crippen LogP contribution < -0.4 is 0 Å². The largest absolute Gasteiger partial charge is 0.481 e. The van der Waals surface area contributed by atoms with Crippen molar-refractivity contribution in [2.45, 2.75) is 13.3 Å². The van der Waals surface area contributed by atoms with Crippen LogP contribution in [0.15, 0.2) is 33.2 Å². The predicted octanol–water partition coefficient (Wildman–Crippen LogP) is 3.38. The van der Waals surface area contributed by atoms with Gasteiger partial charge in [0.15, 0.2) is 5.76 Å². The number of furan rings is 1. The second-order valence-corrected chi connectivity index (χ2v) is 6.79. The summed E-state index contributed by atoms with van der Waals surface area (Å²) >= 11 is 3.38. The zero-order valence-corrected chi connectivity index (χ0v) is 13.7. The number of piperidine rings is 1. The molecular formula is C16H16BrNO4. The maximum atomic E-state index is 12.6. The summed E-state index contributed by atoms with van der Waals surface area (Å²) < 4.78 is 6.52. The molecule has 2 heterocycles. The molecule has 1 aromatic heterocycles. The van der Waals surface area contributed by atoms with E-state index in [1.54, 1.807) is 17.0 Å². The molecule has 2 aromatic rings. The van der Waals surface area contributed by atoms with Crippen LogP contribution in [0.5, 0.6) is 0 Å². The van der Waals surface area contributed by atoms with Gasteiger partial charge < -0.3 is 14.4 Å². The number of fused-ring (bicyclic) bond motifs is 1. The number of likely N-dealkylation sites (tertiary alicyclic amines) is 1. The van der Waals surface area contributed by atoms with E-state index in [2.05, 4.69) is 15.9 Å². The lowest BCUT2D eigenvalue weighted by Crippen LogP contribution is -2.45. The summed E-state index contributed by atoms with van der Waals surface area (Å²) in [4.78, 5) is 25.4. The first-order chi connectivity index (χ1) is 10.4. The van der Waals surface area contributed by atoms with Gasteiger partial charge in [0.25, 0.3) is 5.91 Å². The molecule has 1 aliphatic rings. The monoisotopic (exact) mass is 365 g/mol. The van der Waals surface area contributed by atoms with Crippen LogP contribution in [-0.4, -0.2) is 35.0 Å². The summed E-state index contributed by atoms with van der Waals surface area (Å²) in [7, 11) is 0. The van der Waals surface area contributed by atoms with Crippen molar-refractivity contribution in [1.29, 1.82) is 0 Å². The van der Waals surface area contributed by atoms with E-state index in [1.165, 1.54) is 0 Å². The zero-order valence-electron chi connectivity index (χ0n) is 12.1. The number of rotatable bonds is 2. The summed E-state index contributed by atoms with van der Waals surface area (Å²) in [5.41, 5.74) is 0.645. The quantitative estimate of drug-likeness (QED) is 0.885. The van der Waals surface area contributed by atoms with Gasteiger partial charge in [-0.3, -0.25) is 9.59 Å².